The molecule has 0 unspecified atom stereocenters. The van der Waals surface area contributed by atoms with Crippen LogP contribution in [-0.2, 0) is 6.42 Å². The molecule has 1 aromatic carbocycles. The Kier molecular flexibility index (Phi) is 4.59. The monoisotopic (exact) mass is 210 g/mol. The first-order valence-electron chi connectivity index (χ1n) is 5.18. The predicted octanol–water partition coefficient (Wildman–Crippen LogP) is 1.23. The van der Waals surface area contributed by atoms with Gasteiger partial charge in [0.15, 0.2) is 0 Å². The van der Waals surface area contributed by atoms with Crippen molar-refractivity contribution >= 4 is 0 Å². The highest BCUT2D eigenvalue weighted by Crippen LogP contribution is 2.23. The Morgan fingerprint density at radius 1 is 1.20 bits per heavy atom. The molecule has 0 aliphatic carbocycles. The van der Waals surface area contributed by atoms with Crippen molar-refractivity contribution in [2.75, 3.05) is 13.2 Å². The van der Waals surface area contributed by atoms with Crippen LogP contribution in [0.1, 0.15) is 17.5 Å². The first-order valence-corrected chi connectivity index (χ1v) is 5.18. The second-order valence-electron chi connectivity index (χ2n) is 3.84. The first kappa shape index (κ1) is 12.0. The summed E-state index contributed by atoms with van der Waals surface area (Å²) in [6, 6.07) is 5.42. The van der Waals surface area contributed by atoms with Gasteiger partial charge in [0.25, 0.3) is 0 Å². The molecule has 3 N–H and O–H groups in total. The van der Waals surface area contributed by atoms with E-state index in [1.165, 1.54) is 0 Å². The van der Waals surface area contributed by atoms with Crippen LogP contribution in [0.4, 0.5) is 0 Å². The number of aromatic hydroxyl groups is 1. The van der Waals surface area contributed by atoms with E-state index in [0.29, 0.717) is 18.6 Å². The average Bonchev–Trinajstić information content (AvgIpc) is 2.23. The van der Waals surface area contributed by atoms with Crippen molar-refractivity contribution in [2.24, 2.45) is 5.92 Å². The highest BCUT2D eigenvalue weighted by molar-refractivity contribution is 5.38. The summed E-state index contributed by atoms with van der Waals surface area (Å²) in [6.07, 6.45) is 1.37. The predicted molar refractivity (Wildman–Crippen MR) is 58.8 cm³/mol. The lowest BCUT2D eigenvalue weighted by Gasteiger charge is -2.12. The molecule has 84 valence electrons. The summed E-state index contributed by atoms with van der Waals surface area (Å²) < 4.78 is 0. The van der Waals surface area contributed by atoms with Crippen molar-refractivity contribution in [3.05, 3.63) is 29.3 Å². The summed E-state index contributed by atoms with van der Waals surface area (Å²) >= 11 is 0. The van der Waals surface area contributed by atoms with Crippen molar-refractivity contribution in [3.63, 3.8) is 0 Å². The van der Waals surface area contributed by atoms with Crippen molar-refractivity contribution in [1.29, 1.82) is 0 Å². The van der Waals surface area contributed by atoms with Gasteiger partial charge in [0.2, 0.25) is 0 Å². The third kappa shape index (κ3) is 3.22. The molecule has 3 nitrogen and oxygen atoms in total. The van der Waals surface area contributed by atoms with Crippen LogP contribution < -0.4 is 0 Å². The summed E-state index contributed by atoms with van der Waals surface area (Å²) in [5, 5.41) is 27.5. The van der Waals surface area contributed by atoms with Gasteiger partial charge in [0, 0.05) is 19.1 Å². The highest BCUT2D eigenvalue weighted by atomic mass is 16.3. The minimum Gasteiger partial charge on any atom is -0.508 e. The number of phenolic OH excluding ortho intramolecular Hbond substituents is 1. The van der Waals surface area contributed by atoms with Crippen LogP contribution in [-0.4, -0.2) is 28.5 Å². The molecule has 0 aliphatic heterocycles. The minimum atomic E-state index is -0.0935. The standard InChI is InChI=1S/C12H18O3/c1-9-3-2-4-12(15)11(9)6-5-10(7-13)8-14/h2-4,10,13-15H,5-8H2,1H3. The quantitative estimate of drug-likeness (QED) is 0.685. The number of phenols is 1. The van der Waals surface area contributed by atoms with Gasteiger partial charge in [-0.15, -0.1) is 0 Å². The molecule has 0 fully saturated rings. The number of aryl methyl sites for hydroxylation is 1. The zero-order chi connectivity index (χ0) is 11.3. The van der Waals surface area contributed by atoms with E-state index in [0.717, 1.165) is 11.1 Å². The maximum Gasteiger partial charge on any atom is 0.119 e. The summed E-state index contributed by atoms with van der Waals surface area (Å²) in [5.41, 5.74) is 1.95. The van der Waals surface area contributed by atoms with Gasteiger partial charge in [0.1, 0.15) is 5.75 Å². The molecule has 0 atom stereocenters. The van der Waals surface area contributed by atoms with Crippen LogP contribution in [0.25, 0.3) is 0 Å². The number of hydrogen-bond acceptors (Lipinski definition) is 3. The zero-order valence-corrected chi connectivity index (χ0v) is 8.98. The fraction of sp³-hybridized carbons (Fsp3) is 0.500. The van der Waals surface area contributed by atoms with Crippen LogP contribution in [0.15, 0.2) is 18.2 Å². The van der Waals surface area contributed by atoms with Gasteiger partial charge in [-0.25, -0.2) is 0 Å². The molecule has 1 aromatic rings. The van der Waals surface area contributed by atoms with E-state index in [1.54, 1.807) is 6.07 Å². The van der Waals surface area contributed by atoms with Crippen LogP contribution in [0.2, 0.25) is 0 Å². The molecule has 0 spiro atoms. The molecule has 0 aromatic heterocycles. The number of rotatable bonds is 5. The molecule has 0 saturated heterocycles. The normalized spacial score (nSPS) is 10.9. The van der Waals surface area contributed by atoms with Gasteiger partial charge < -0.3 is 15.3 Å². The van der Waals surface area contributed by atoms with Crippen LogP contribution in [0.5, 0.6) is 5.75 Å². The molecule has 0 heterocycles. The van der Waals surface area contributed by atoms with Gasteiger partial charge in [-0.1, -0.05) is 12.1 Å². The van der Waals surface area contributed by atoms with Crippen LogP contribution in [0.3, 0.4) is 0 Å². The fourth-order valence-electron chi connectivity index (χ4n) is 1.60. The number of hydrogen-bond donors (Lipinski definition) is 3. The Hall–Kier alpha value is -1.06. The van der Waals surface area contributed by atoms with Crippen molar-refractivity contribution < 1.29 is 15.3 Å². The fourth-order valence-corrected chi connectivity index (χ4v) is 1.60. The van der Waals surface area contributed by atoms with Crippen LogP contribution >= 0.6 is 0 Å². The smallest absolute Gasteiger partial charge is 0.119 e. The first-order chi connectivity index (χ1) is 7.19. The third-order valence-electron chi connectivity index (χ3n) is 2.70. The van der Waals surface area contributed by atoms with E-state index in [9.17, 15) is 5.11 Å². The van der Waals surface area contributed by atoms with Gasteiger partial charge >= 0.3 is 0 Å². The SMILES string of the molecule is Cc1cccc(O)c1CCC(CO)CO. The molecular weight excluding hydrogens is 192 g/mol. The van der Waals surface area contributed by atoms with Crippen molar-refractivity contribution in [1.82, 2.24) is 0 Å². The lowest BCUT2D eigenvalue weighted by atomic mass is 9.97. The molecule has 0 bridgehead atoms. The second kappa shape index (κ2) is 5.73. The summed E-state index contributed by atoms with van der Waals surface area (Å²) in [4.78, 5) is 0. The molecule has 15 heavy (non-hydrogen) atoms. The zero-order valence-electron chi connectivity index (χ0n) is 8.98. The Balaban J connectivity index is 2.64. The lowest BCUT2D eigenvalue weighted by molar-refractivity contribution is 0.144. The summed E-state index contributed by atoms with van der Waals surface area (Å²) in [6.45, 7) is 1.92. The maximum atomic E-state index is 9.62. The molecule has 0 amide bonds. The largest absolute Gasteiger partial charge is 0.508 e. The lowest BCUT2D eigenvalue weighted by Crippen LogP contribution is -2.12. The Morgan fingerprint density at radius 2 is 1.87 bits per heavy atom. The minimum absolute atomic E-state index is 0.0108. The van der Waals surface area contributed by atoms with Crippen LogP contribution in [0, 0.1) is 12.8 Å². The maximum absolute atomic E-state index is 9.62. The molecular formula is C12H18O3. The Bertz CT molecular complexity index is 285. The summed E-state index contributed by atoms with van der Waals surface area (Å²) in [7, 11) is 0. The third-order valence-corrected chi connectivity index (χ3v) is 2.70. The van der Waals surface area contributed by atoms with E-state index in [2.05, 4.69) is 0 Å². The molecule has 0 radical (unpaired) electrons. The van der Waals surface area contributed by atoms with E-state index in [4.69, 9.17) is 10.2 Å². The van der Waals surface area contributed by atoms with Crippen molar-refractivity contribution in [3.8, 4) is 5.75 Å². The van der Waals surface area contributed by atoms with Gasteiger partial charge in [-0.3, -0.25) is 0 Å². The number of aliphatic hydroxyl groups is 2. The number of benzene rings is 1. The van der Waals surface area contributed by atoms with Gasteiger partial charge in [0.05, 0.1) is 0 Å². The topological polar surface area (TPSA) is 60.7 Å². The second-order valence-corrected chi connectivity index (χ2v) is 3.84. The van der Waals surface area contributed by atoms with E-state index >= 15 is 0 Å². The van der Waals surface area contributed by atoms with Gasteiger partial charge in [-0.2, -0.15) is 0 Å². The Morgan fingerprint density at radius 3 is 2.40 bits per heavy atom. The molecule has 1 rings (SSSR count). The van der Waals surface area contributed by atoms with E-state index in [1.807, 2.05) is 19.1 Å². The van der Waals surface area contributed by atoms with E-state index in [-0.39, 0.29) is 19.1 Å². The van der Waals surface area contributed by atoms with Crippen molar-refractivity contribution in [2.45, 2.75) is 19.8 Å². The molecule has 0 saturated carbocycles. The van der Waals surface area contributed by atoms with Gasteiger partial charge in [-0.05, 0) is 37.0 Å². The highest BCUT2D eigenvalue weighted by Gasteiger charge is 2.09. The summed E-state index contributed by atoms with van der Waals surface area (Å²) in [5.74, 6) is 0.202. The molecule has 3 heteroatoms. The molecule has 0 aliphatic rings. The Labute approximate surface area is 90.0 Å². The number of aliphatic hydroxyl groups excluding tert-OH is 2. The average molecular weight is 210 g/mol. The van der Waals surface area contributed by atoms with E-state index < -0.39 is 0 Å².